The monoisotopic (exact) mass is 176 g/mol. The third-order valence-electron chi connectivity index (χ3n) is 1.91. The number of nitrogens with zero attached hydrogens (tertiary/aromatic N) is 2. The van der Waals surface area contributed by atoms with E-state index in [-0.39, 0.29) is 5.91 Å². The van der Waals surface area contributed by atoms with E-state index in [9.17, 15) is 4.79 Å². The summed E-state index contributed by atoms with van der Waals surface area (Å²) >= 11 is 1.62. The molecule has 0 atom stereocenters. The molecule has 0 radical (unpaired) electrons. The van der Waals surface area contributed by atoms with Gasteiger partial charge in [0.15, 0.2) is 5.69 Å². The first-order valence-corrected chi connectivity index (χ1v) is 4.42. The number of fused-ring (bicyclic) bond motifs is 1. The molecule has 58 valence electrons. The number of aromatic nitrogens is 2. The highest BCUT2D eigenvalue weighted by atomic mass is 32.1. The predicted octanol–water partition coefficient (Wildman–Crippen LogP) is 1.61. The molecule has 0 amide bonds. The first-order chi connectivity index (χ1) is 5.86. The van der Waals surface area contributed by atoms with Crippen LogP contribution in [-0.2, 0) is 0 Å². The van der Waals surface area contributed by atoms with Gasteiger partial charge >= 0.3 is 0 Å². The molecular formula is C8H4N2OS. The Morgan fingerprint density at radius 1 is 1.50 bits per heavy atom. The van der Waals surface area contributed by atoms with Gasteiger partial charge < -0.3 is 0 Å². The molecule has 4 heteroatoms. The van der Waals surface area contributed by atoms with Gasteiger partial charge in [-0.2, -0.15) is 5.10 Å². The molecule has 0 saturated heterocycles. The van der Waals surface area contributed by atoms with Crippen LogP contribution in [0.3, 0.4) is 0 Å². The topological polar surface area (TPSA) is 34.9 Å². The summed E-state index contributed by atoms with van der Waals surface area (Å²) in [6.45, 7) is 0. The van der Waals surface area contributed by atoms with Gasteiger partial charge in [0, 0.05) is 16.6 Å². The van der Waals surface area contributed by atoms with Crippen molar-refractivity contribution in [2.75, 3.05) is 0 Å². The maximum atomic E-state index is 11.1. The van der Waals surface area contributed by atoms with Crippen LogP contribution in [0.4, 0.5) is 0 Å². The first kappa shape index (κ1) is 6.14. The van der Waals surface area contributed by atoms with Crippen LogP contribution >= 0.6 is 11.3 Å². The zero-order valence-electron chi connectivity index (χ0n) is 6.02. The van der Waals surface area contributed by atoms with E-state index >= 15 is 0 Å². The molecule has 0 aliphatic carbocycles. The Kier molecular flexibility index (Phi) is 0.941. The summed E-state index contributed by atoms with van der Waals surface area (Å²) in [4.78, 5) is 12.2. The van der Waals surface area contributed by atoms with Crippen LogP contribution < -0.4 is 0 Å². The molecule has 2 aliphatic heterocycles. The summed E-state index contributed by atoms with van der Waals surface area (Å²) in [5.41, 5.74) is 1.58. The number of carbonyl (C=O) groups excluding carboxylic acids is 1. The maximum absolute atomic E-state index is 11.1. The molecule has 3 nitrogen and oxygen atoms in total. The van der Waals surface area contributed by atoms with Gasteiger partial charge in [0.25, 0.3) is 5.91 Å². The van der Waals surface area contributed by atoms with Crippen molar-refractivity contribution in [3.8, 4) is 10.4 Å². The highest BCUT2D eigenvalue weighted by molar-refractivity contribution is 7.13. The van der Waals surface area contributed by atoms with Crippen molar-refractivity contribution in [2.24, 2.45) is 0 Å². The summed E-state index contributed by atoms with van der Waals surface area (Å²) < 4.78 is 1.38. The Bertz CT molecular complexity index is 455. The van der Waals surface area contributed by atoms with E-state index in [2.05, 4.69) is 5.10 Å². The fourth-order valence-corrected chi connectivity index (χ4v) is 2.05. The average Bonchev–Trinajstić information content (AvgIpc) is 2.75. The van der Waals surface area contributed by atoms with E-state index in [1.165, 1.54) is 4.68 Å². The molecule has 0 saturated carbocycles. The van der Waals surface area contributed by atoms with Crippen molar-refractivity contribution in [2.45, 2.75) is 0 Å². The number of rotatable bonds is 1. The zero-order valence-corrected chi connectivity index (χ0v) is 6.84. The van der Waals surface area contributed by atoms with E-state index in [0.29, 0.717) is 5.69 Å². The molecule has 0 spiro atoms. The summed E-state index contributed by atoms with van der Waals surface area (Å²) in [5.74, 6) is 0.0263. The first-order valence-electron chi connectivity index (χ1n) is 3.54. The lowest BCUT2D eigenvalue weighted by atomic mass is 10.2. The van der Waals surface area contributed by atoms with Crippen LogP contribution in [-0.4, -0.2) is 15.7 Å². The van der Waals surface area contributed by atoms with E-state index in [4.69, 9.17) is 0 Å². The molecule has 2 bridgehead atoms. The van der Waals surface area contributed by atoms with Gasteiger partial charge in [-0.1, -0.05) is 6.07 Å². The van der Waals surface area contributed by atoms with Crippen molar-refractivity contribution < 1.29 is 4.79 Å². The standard InChI is InChI=1S/C8H4N2OS/c11-8-7-5(4-10(8)9-7)6-2-1-3-12-6/h1-4H. The van der Waals surface area contributed by atoms with Crippen LogP contribution in [0.1, 0.15) is 10.5 Å². The van der Waals surface area contributed by atoms with Crippen molar-refractivity contribution in [3.05, 3.63) is 29.4 Å². The van der Waals surface area contributed by atoms with Crippen molar-refractivity contribution in [1.82, 2.24) is 9.78 Å². The average molecular weight is 176 g/mol. The van der Waals surface area contributed by atoms with Gasteiger partial charge in [0.1, 0.15) is 0 Å². The molecule has 0 N–H and O–H groups in total. The Morgan fingerprint density at radius 2 is 2.42 bits per heavy atom. The molecule has 2 aromatic heterocycles. The molecule has 2 aromatic rings. The molecule has 4 rings (SSSR count). The van der Waals surface area contributed by atoms with Crippen LogP contribution in [0.5, 0.6) is 0 Å². The predicted molar refractivity (Wildman–Crippen MR) is 45.3 cm³/mol. The third-order valence-corrected chi connectivity index (χ3v) is 2.81. The number of hydrogen-bond donors (Lipinski definition) is 0. The quantitative estimate of drug-likeness (QED) is 0.564. The number of thiophene rings is 1. The second-order valence-electron chi connectivity index (χ2n) is 2.62. The minimum absolute atomic E-state index is 0.0263. The lowest BCUT2D eigenvalue weighted by Gasteiger charge is -2.01. The van der Waals surface area contributed by atoms with Gasteiger partial charge in [-0.15, -0.1) is 11.3 Å². The summed E-state index contributed by atoms with van der Waals surface area (Å²) in [7, 11) is 0. The van der Waals surface area contributed by atoms with Crippen LogP contribution in [0.15, 0.2) is 23.7 Å². The minimum Gasteiger partial charge on any atom is -0.265 e. The number of hydrogen-bond acceptors (Lipinski definition) is 3. The van der Waals surface area contributed by atoms with Crippen molar-refractivity contribution in [1.29, 1.82) is 0 Å². The van der Waals surface area contributed by atoms with Crippen molar-refractivity contribution >= 4 is 17.2 Å². The minimum atomic E-state index is 0.0263. The van der Waals surface area contributed by atoms with E-state index in [1.807, 2.05) is 17.5 Å². The smallest absolute Gasteiger partial charge is 0.265 e. The van der Waals surface area contributed by atoms with E-state index in [0.717, 1.165) is 10.4 Å². The Hall–Kier alpha value is -1.42. The second-order valence-corrected chi connectivity index (χ2v) is 3.57. The van der Waals surface area contributed by atoms with E-state index in [1.54, 1.807) is 17.5 Å². The molecule has 0 unspecified atom stereocenters. The number of carbonyl (C=O) groups is 1. The SMILES string of the molecule is O=C1c2nn1cc2-c1cccs1. The molecule has 0 aromatic carbocycles. The fraction of sp³-hybridized carbons (Fsp3) is 0. The fourth-order valence-electron chi connectivity index (χ4n) is 1.31. The van der Waals surface area contributed by atoms with E-state index < -0.39 is 0 Å². The lowest BCUT2D eigenvalue weighted by Crippen LogP contribution is -2.21. The molecule has 4 heterocycles. The van der Waals surface area contributed by atoms with Gasteiger partial charge in [-0.25, -0.2) is 4.68 Å². The zero-order chi connectivity index (χ0) is 8.13. The Labute approximate surface area is 72.3 Å². The Balaban J connectivity index is 2.24. The van der Waals surface area contributed by atoms with Crippen LogP contribution in [0.2, 0.25) is 0 Å². The van der Waals surface area contributed by atoms with Crippen molar-refractivity contribution in [3.63, 3.8) is 0 Å². The Morgan fingerprint density at radius 3 is 2.92 bits per heavy atom. The maximum Gasteiger partial charge on any atom is 0.299 e. The van der Waals surface area contributed by atoms with Gasteiger partial charge in [0.2, 0.25) is 0 Å². The third kappa shape index (κ3) is 0.563. The molecule has 0 fully saturated rings. The molecular weight excluding hydrogens is 172 g/mol. The van der Waals surface area contributed by atoms with Gasteiger partial charge in [-0.05, 0) is 11.4 Å². The molecule has 12 heavy (non-hydrogen) atoms. The highest BCUT2D eigenvalue weighted by Gasteiger charge is 2.30. The summed E-state index contributed by atoms with van der Waals surface area (Å²) in [5, 5.41) is 5.96. The van der Waals surface area contributed by atoms with Gasteiger partial charge in [-0.3, -0.25) is 4.79 Å². The summed E-state index contributed by atoms with van der Waals surface area (Å²) in [6, 6.07) is 3.96. The summed E-state index contributed by atoms with van der Waals surface area (Å²) in [6.07, 6.45) is 1.78. The normalized spacial score (nSPS) is 13.2. The highest BCUT2D eigenvalue weighted by Crippen LogP contribution is 2.31. The second kappa shape index (κ2) is 1.84. The van der Waals surface area contributed by atoms with Crippen LogP contribution in [0.25, 0.3) is 10.4 Å². The largest absolute Gasteiger partial charge is 0.299 e. The lowest BCUT2D eigenvalue weighted by molar-refractivity contribution is 0.0904. The molecule has 2 aliphatic rings. The van der Waals surface area contributed by atoms with Crippen LogP contribution in [0, 0.1) is 0 Å². The van der Waals surface area contributed by atoms with Gasteiger partial charge in [0.05, 0.1) is 0 Å².